The van der Waals surface area contributed by atoms with Crippen molar-refractivity contribution in [2.75, 3.05) is 5.32 Å². The Morgan fingerprint density at radius 2 is 2.00 bits per heavy atom. The fourth-order valence-corrected chi connectivity index (χ4v) is 3.60. The number of para-hydroxylation sites is 1. The van der Waals surface area contributed by atoms with Gasteiger partial charge in [-0.1, -0.05) is 35.1 Å². The Kier molecular flexibility index (Phi) is 6.37. The zero-order valence-corrected chi connectivity index (χ0v) is 17.9. The van der Waals surface area contributed by atoms with Crippen molar-refractivity contribution in [3.63, 3.8) is 0 Å². The molecule has 4 rings (SSSR count). The number of benzene rings is 1. The van der Waals surface area contributed by atoms with Gasteiger partial charge in [0.2, 0.25) is 17.0 Å². The van der Waals surface area contributed by atoms with Crippen molar-refractivity contribution >= 4 is 23.4 Å². The van der Waals surface area contributed by atoms with Gasteiger partial charge in [0.25, 0.3) is 0 Å². The molecule has 0 aliphatic heterocycles. The van der Waals surface area contributed by atoms with Gasteiger partial charge in [-0.15, -0.1) is 5.10 Å². The highest BCUT2D eigenvalue weighted by atomic mass is 32.2. The van der Waals surface area contributed by atoms with Gasteiger partial charge in [0.05, 0.1) is 5.75 Å². The number of hydrogen-bond donors (Lipinski definition) is 2. The molecule has 0 fully saturated rings. The summed E-state index contributed by atoms with van der Waals surface area (Å²) < 4.78 is 5.26. The van der Waals surface area contributed by atoms with Gasteiger partial charge in [-0.05, 0) is 37.1 Å². The predicted octanol–water partition coefficient (Wildman–Crippen LogP) is 3.73. The summed E-state index contributed by atoms with van der Waals surface area (Å²) in [5, 5.41) is 14.6. The number of carbonyl (C=O) groups is 1. The number of carbonyl (C=O) groups excluding carboxylic acids is 1. The summed E-state index contributed by atoms with van der Waals surface area (Å²) >= 11 is 1.39. The Bertz CT molecular complexity index is 1150. The lowest BCUT2D eigenvalue weighted by Crippen LogP contribution is -2.14. The number of thioether (sulfide) groups is 1. The first-order valence-electron chi connectivity index (χ1n) is 9.71. The van der Waals surface area contributed by atoms with E-state index in [1.165, 1.54) is 11.8 Å². The monoisotopic (exact) mass is 435 g/mol. The van der Waals surface area contributed by atoms with Crippen molar-refractivity contribution in [3.8, 4) is 11.4 Å². The molecule has 0 unspecified atom stereocenters. The van der Waals surface area contributed by atoms with Crippen LogP contribution >= 0.6 is 11.8 Å². The number of rotatable bonds is 8. The van der Waals surface area contributed by atoms with E-state index in [2.05, 4.69) is 35.6 Å². The molecule has 3 aromatic heterocycles. The first kappa shape index (κ1) is 20.7. The third-order valence-electron chi connectivity index (χ3n) is 4.55. The zero-order chi connectivity index (χ0) is 21.6. The van der Waals surface area contributed by atoms with Crippen LogP contribution in [0.3, 0.4) is 0 Å². The molecule has 4 aromatic rings. The van der Waals surface area contributed by atoms with Crippen LogP contribution in [0.25, 0.3) is 11.4 Å². The van der Waals surface area contributed by atoms with E-state index in [9.17, 15) is 4.79 Å². The molecule has 0 radical (unpaired) electrons. The largest absolute Gasteiger partial charge is 0.339 e. The maximum absolute atomic E-state index is 12.3. The SMILES string of the molecule is Cc1cccc(C)c1NC(=O)CCc1nc(CSc2n[nH]c(-c3cccnc3)n2)no1. The van der Waals surface area contributed by atoms with Crippen LogP contribution in [-0.4, -0.2) is 36.2 Å². The molecule has 0 spiro atoms. The van der Waals surface area contributed by atoms with Gasteiger partial charge in [0.15, 0.2) is 11.6 Å². The minimum Gasteiger partial charge on any atom is -0.339 e. The standard InChI is InChI=1S/C21H21N7O2S/c1-13-5-3-6-14(2)19(13)24-17(29)8-9-18-23-16(28-30-18)12-31-21-25-20(26-27-21)15-7-4-10-22-11-15/h3-7,10-11H,8-9,12H2,1-2H3,(H,24,29)(H,25,26,27). The first-order chi connectivity index (χ1) is 15.1. The summed E-state index contributed by atoms with van der Waals surface area (Å²) in [7, 11) is 0. The molecule has 31 heavy (non-hydrogen) atoms. The van der Waals surface area contributed by atoms with Gasteiger partial charge in [-0.25, -0.2) is 4.98 Å². The van der Waals surface area contributed by atoms with E-state index in [-0.39, 0.29) is 12.3 Å². The second-order valence-electron chi connectivity index (χ2n) is 6.92. The third kappa shape index (κ3) is 5.34. The molecule has 2 N–H and O–H groups in total. The van der Waals surface area contributed by atoms with Crippen molar-refractivity contribution < 1.29 is 9.32 Å². The summed E-state index contributed by atoms with van der Waals surface area (Å²) in [5.41, 5.74) is 3.78. The molecule has 9 nitrogen and oxygen atoms in total. The number of amides is 1. The van der Waals surface area contributed by atoms with Crippen molar-refractivity contribution in [1.82, 2.24) is 30.3 Å². The topological polar surface area (TPSA) is 122 Å². The number of nitrogens with one attached hydrogen (secondary N) is 2. The maximum atomic E-state index is 12.3. The Morgan fingerprint density at radius 1 is 1.16 bits per heavy atom. The molecule has 10 heteroatoms. The summed E-state index contributed by atoms with van der Waals surface area (Å²) in [5.74, 6) is 1.98. The smallest absolute Gasteiger partial charge is 0.227 e. The minimum atomic E-state index is -0.0878. The van der Waals surface area contributed by atoms with Crippen molar-refractivity contribution in [3.05, 3.63) is 65.6 Å². The molecule has 0 aliphatic carbocycles. The minimum absolute atomic E-state index is 0.0878. The predicted molar refractivity (Wildman–Crippen MR) is 116 cm³/mol. The zero-order valence-electron chi connectivity index (χ0n) is 17.1. The number of aromatic nitrogens is 6. The highest BCUT2D eigenvalue weighted by molar-refractivity contribution is 7.98. The Hall–Kier alpha value is -3.53. The van der Waals surface area contributed by atoms with Crippen molar-refractivity contribution in [2.24, 2.45) is 0 Å². The molecule has 1 amide bonds. The van der Waals surface area contributed by atoms with Gasteiger partial charge >= 0.3 is 0 Å². The lowest BCUT2D eigenvalue weighted by Gasteiger charge is -2.10. The number of aryl methyl sites for hydroxylation is 3. The lowest BCUT2D eigenvalue weighted by molar-refractivity contribution is -0.116. The average Bonchev–Trinajstić information content (AvgIpc) is 3.44. The van der Waals surface area contributed by atoms with Crippen LogP contribution in [0.4, 0.5) is 5.69 Å². The molecule has 1 aromatic carbocycles. The summed E-state index contributed by atoms with van der Waals surface area (Å²) in [6, 6.07) is 9.66. The average molecular weight is 436 g/mol. The van der Waals surface area contributed by atoms with Crippen LogP contribution < -0.4 is 5.32 Å². The number of H-pyrrole nitrogens is 1. The molecule has 0 saturated carbocycles. The van der Waals surface area contributed by atoms with Crippen LogP contribution in [0.2, 0.25) is 0 Å². The second kappa shape index (κ2) is 9.52. The number of nitrogens with zero attached hydrogens (tertiary/aromatic N) is 5. The molecule has 3 heterocycles. The molecule has 158 valence electrons. The number of anilines is 1. The van der Waals surface area contributed by atoms with E-state index in [0.717, 1.165) is 22.4 Å². The van der Waals surface area contributed by atoms with Gasteiger partial charge in [0, 0.05) is 36.5 Å². The first-order valence-corrected chi connectivity index (χ1v) is 10.7. The van der Waals surface area contributed by atoms with E-state index in [4.69, 9.17) is 4.52 Å². The number of pyridine rings is 1. The highest BCUT2D eigenvalue weighted by Crippen LogP contribution is 2.22. The normalized spacial score (nSPS) is 10.9. The third-order valence-corrected chi connectivity index (χ3v) is 5.40. The van der Waals surface area contributed by atoms with Crippen LogP contribution in [0, 0.1) is 13.8 Å². The van der Waals surface area contributed by atoms with Gasteiger partial charge in [-0.2, -0.15) is 4.98 Å². The number of aromatic amines is 1. The Morgan fingerprint density at radius 3 is 2.77 bits per heavy atom. The fraction of sp³-hybridized carbons (Fsp3) is 0.238. The lowest BCUT2D eigenvalue weighted by atomic mass is 10.1. The molecule has 0 aliphatic rings. The number of hydrogen-bond acceptors (Lipinski definition) is 8. The Labute approximate surface area is 183 Å². The van der Waals surface area contributed by atoms with Crippen molar-refractivity contribution in [2.45, 2.75) is 37.6 Å². The molecule has 0 atom stereocenters. The van der Waals surface area contributed by atoms with E-state index in [1.54, 1.807) is 12.4 Å². The summed E-state index contributed by atoms with van der Waals surface area (Å²) in [6.07, 6.45) is 4.06. The van der Waals surface area contributed by atoms with E-state index >= 15 is 0 Å². The van der Waals surface area contributed by atoms with Crippen molar-refractivity contribution in [1.29, 1.82) is 0 Å². The van der Waals surface area contributed by atoms with Crippen LogP contribution in [-0.2, 0) is 17.0 Å². The molecule has 0 bridgehead atoms. The summed E-state index contributed by atoms with van der Waals surface area (Å²) in [4.78, 5) is 25.2. The fourth-order valence-electron chi connectivity index (χ4n) is 2.96. The van der Waals surface area contributed by atoms with E-state index in [1.807, 2.05) is 44.2 Å². The maximum Gasteiger partial charge on any atom is 0.227 e. The Balaban J connectivity index is 1.27. The quantitative estimate of drug-likeness (QED) is 0.401. The second-order valence-corrected chi connectivity index (χ2v) is 7.86. The van der Waals surface area contributed by atoms with Crippen LogP contribution in [0.1, 0.15) is 29.3 Å². The van der Waals surface area contributed by atoms with Crippen LogP contribution in [0.15, 0.2) is 52.4 Å². The molecule has 0 saturated heterocycles. The van der Waals surface area contributed by atoms with Gasteiger partial charge in [-0.3, -0.25) is 14.9 Å². The molecular weight excluding hydrogens is 414 g/mol. The van der Waals surface area contributed by atoms with E-state index < -0.39 is 0 Å². The van der Waals surface area contributed by atoms with Gasteiger partial charge in [0.1, 0.15) is 0 Å². The molecular formula is C21H21N7O2S. The highest BCUT2D eigenvalue weighted by Gasteiger charge is 2.13. The van der Waals surface area contributed by atoms with Gasteiger partial charge < -0.3 is 9.84 Å². The van der Waals surface area contributed by atoms with Crippen LogP contribution in [0.5, 0.6) is 0 Å². The van der Waals surface area contributed by atoms with E-state index in [0.29, 0.717) is 34.9 Å². The summed E-state index contributed by atoms with van der Waals surface area (Å²) in [6.45, 7) is 3.94.